The Labute approximate surface area is 53.9 Å². The molecule has 0 aromatic heterocycles. The zero-order valence-electron chi connectivity index (χ0n) is 5.08. The lowest BCUT2D eigenvalue weighted by Crippen LogP contribution is -2.13. The van der Waals surface area contributed by atoms with Crippen molar-refractivity contribution in [3.8, 4) is 0 Å². The minimum absolute atomic E-state index is 0.217. The van der Waals surface area contributed by atoms with Gasteiger partial charge in [-0.05, 0) is 6.92 Å². The smallest absolute Gasteiger partial charge is 0.148 e. The minimum Gasteiger partial charge on any atom is -0.371 e. The van der Waals surface area contributed by atoms with E-state index in [1.54, 1.807) is 0 Å². The van der Waals surface area contributed by atoms with Crippen molar-refractivity contribution in [1.82, 2.24) is 0 Å². The van der Waals surface area contributed by atoms with Crippen molar-refractivity contribution in [1.29, 1.82) is 0 Å². The molecular weight excluding hydrogens is 120 g/mol. The first kappa shape index (κ1) is 6.71. The molecule has 1 heterocycles. The fraction of sp³-hybridized carbons (Fsp3) is 0.667. The molecule has 3 nitrogen and oxygen atoms in total. The Kier molecular flexibility index (Phi) is 2.19. The van der Waals surface area contributed by atoms with Crippen LogP contribution in [0.3, 0.4) is 0 Å². The monoisotopic (exact) mass is 129 g/mol. The molecule has 0 aliphatic carbocycles. The van der Waals surface area contributed by atoms with Crippen molar-refractivity contribution in [2.75, 3.05) is 13.2 Å². The number of epoxide rings is 1. The average Bonchev–Trinajstić information content (AvgIpc) is 2.65. The third-order valence-electron chi connectivity index (χ3n) is 1.05. The largest absolute Gasteiger partial charge is 0.371 e. The SMILES string of the molecule is [CH2]C(C=O)OCC1CO1. The van der Waals surface area contributed by atoms with E-state index in [0.717, 1.165) is 6.61 Å². The second kappa shape index (κ2) is 2.94. The van der Waals surface area contributed by atoms with E-state index in [4.69, 9.17) is 9.47 Å². The van der Waals surface area contributed by atoms with E-state index < -0.39 is 6.10 Å². The van der Waals surface area contributed by atoms with E-state index in [2.05, 4.69) is 6.92 Å². The zero-order valence-corrected chi connectivity index (χ0v) is 5.08. The van der Waals surface area contributed by atoms with Gasteiger partial charge in [-0.1, -0.05) is 0 Å². The van der Waals surface area contributed by atoms with E-state index in [1.165, 1.54) is 0 Å². The van der Waals surface area contributed by atoms with Crippen molar-refractivity contribution < 1.29 is 14.3 Å². The molecule has 0 amide bonds. The van der Waals surface area contributed by atoms with Crippen molar-refractivity contribution in [3.05, 3.63) is 6.92 Å². The topological polar surface area (TPSA) is 38.8 Å². The van der Waals surface area contributed by atoms with E-state index in [0.29, 0.717) is 12.9 Å². The number of carbonyl (C=O) groups is 1. The summed E-state index contributed by atoms with van der Waals surface area (Å²) in [5.41, 5.74) is 0. The van der Waals surface area contributed by atoms with Gasteiger partial charge >= 0.3 is 0 Å². The number of hydrogen-bond acceptors (Lipinski definition) is 3. The average molecular weight is 129 g/mol. The van der Waals surface area contributed by atoms with Crippen LogP contribution in [0.5, 0.6) is 0 Å². The summed E-state index contributed by atoms with van der Waals surface area (Å²) < 4.78 is 9.75. The predicted octanol–water partition coefficient (Wildman–Crippen LogP) is -0.197. The Morgan fingerprint density at radius 2 is 2.67 bits per heavy atom. The lowest BCUT2D eigenvalue weighted by atomic mass is 10.4. The standard InChI is InChI=1S/C6H9O3/c1-5(2-7)8-3-6-4-9-6/h2,5-6H,1,3-4H2. The molecule has 0 N–H and O–H groups in total. The maximum absolute atomic E-state index is 9.91. The van der Waals surface area contributed by atoms with Crippen LogP contribution in [0.2, 0.25) is 0 Å². The number of ether oxygens (including phenoxy) is 2. The zero-order chi connectivity index (χ0) is 6.69. The van der Waals surface area contributed by atoms with Crippen LogP contribution >= 0.6 is 0 Å². The Morgan fingerprint density at radius 1 is 2.00 bits per heavy atom. The van der Waals surface area contributed by atoms with Gasteiger partial charge in [-0.25, -0.2) is 0 Å². The molecule has 2 unspecified atom stereocenters. The van der Waals surface area contributed by atoms with Gasteiger partial charge in [0.25, 0.3) is 0 Å². The summed E-state index contributed by atoms with van der Waals surface area (Å²) in [7, 11) is 0. The lowest BCUT2D eigenvalue weighted by Gasteiger charge is -2.01. The Bertz CT molecular complexity index is 98.5. The highest BCUT2D eigenvalue weighted by atomic mass is 16.6. The molecule has 1 saturated heterocycles. The fourth-order valence-electron chi connectivity index (χ4n) is 0.434. The van der Waals surface area contributed by atoms with Crippen molar-refractivity contribution in [3.63, 3.8) is 0 Å². The van der Waals surface area contributed by atoms with Crippen LogP contribution in [0.15, 0.2) is 0 Å². The Balaban J connectivity index is 1.95. The molecular formula is C6H9O3. The third-order valence-corrected chi connectivity index (χ3v) is 1.05. The summed E-state index contributed by atoms with van der Waals surface area (Å²) in [5.74, 6) is 0. The molecule has 2 atom stereocenters. The van der Waals surface area contributed by atoms with Crippen LogP contribution < -0.4 is 0 Å². The second-order valence-corrected chi connectivity index (χ2v) is 1.96. The molecule has 1 aliphatic rings. The van der Waals surface area contributed by atoms with Crippen LogP contribution in [0.1, 0.15) is 0 Å². The summed E-state index contributed by atoms with van der Waals surface area (Å²) >= 11 is 0. The predicted molar refractivity (Wildman–Crippen MR) is 30.9 cm³/mol. The highest BCUT2D eigenvalue weighted by Crippen LogP contribution is 2.08. The van der Waals surface area contributed by atoms with Gasteiger partial charge in [-0.15, -0.1) is 0 Å². The molecule has 1 radical (unpaired) electrons. The van der Waals surface area contributed by atoms with Crippen LogP contribution in [0.4, 0.5) is 0 Å². The van der Waals surface area contributed by atoms with E-state index in [9.17, 15) is 4.79 Å². The molecule has 9 heavy (non-hydrogen) atoms. The van der Waals surface area contributed by atoms with Crippen molar-refractivity contribution in [2.24, 2.45) is 0 Å². The first-order chi connectivity index (χ1) is 4.33. The first-order valence-corrected chi connectivity index (χ1v) is 2.84. The molecule has 0 aromatic carbocycles. The minimum atomic E-state index is -0.533. The van der Waals surface area contributed by atoms with E-state index in [-0.39, 0.29) is 6.10 Å². The van der Waals surface area contributed by atoms with Crippen LogP contribution in [0.25, 0.3) is 0 Å². The molecule has 51 valence electrons. The molecule has 0 bridgehead atoms. The highest BCUT2D eigenvalue weighted by molar-refractivity contribution is 5.56. The van der Waals surface area contributed by atoms with Gasteiger partial charge in [0.15, 0.2) is 0 Å². The normalized spacial score (nSPS) is 27.4. The van der Waals surface area contributed by atoms with E-state index in [1.807, 2.05) is 0 Å². The van der Waals surface area contributed by atoms with Crippen molar-refractivity contribution in [2.45, 2.75) is 12.2 Å². The summed E-state index contributed by atoms with van der Waals surface area (Å²) in [5, 5.41) is 0. The van der Waals surface area contributed by atoms with Crippen LogP contribution in [0, 0.1) is 6.92 Å². The number of aldehydes is 1. The molecule has 0 saturated carbocycles. The van der Waals surface area contributed by atoms with Gasteiger partial charge in [-0.2, -0.15) is 0 Å². The maximum atomic E-state index is 9.91. The van der Waals surface area contributed by atoms with E-state index >= 15 is 0 Å². The van der Waals surface area contributed by atoms with Gasteiger partial charge < -0.3 is 14.3 Å². The molecule has 0 aromatic rings. The van der Waals surface area contributed by atoms with Crippen molar-refractivity contribution >= 4 is 6.29 Å². The third kappa shape index (κ3) is 2.58. The second-order valence-electron chi connectivity index (χ2n) is 1.96. The first-order valence-electron chi connectivity index (χ1n) is 2.84. The van der Waals surface area contributed by atoms with Gasteiger partial charge in [0.05, 0.1) is 13.2 Å². The molecule has 0 spiro atoms. The highest BCUT2D eigenvalue weighted by Gasteiger charge is 2.23. The molecule has 1 aliphatic heterocycles. The van der Waals surface area contributed by atoms with Gasteiger partial charge in [0.2, 0.25) is 0 Å². The Morgan fingerprint density at radius 3 is 3.11 bits per heavy atom. The number of carbonyl (C=O) groups excluding carboxylic acids is 1. The van der Waals surface area contributed by atoms with Gasteiger partial charge in [0, 0.05) is 0 Å². The quantitative estimate of drug-likeness (QED) is 0.390. The van der Waals surface area contributed by atoms with Gasteiger partial charge in [0.1, 0.15) is 18.5 Å². The number of rotatable bonds is 4. The number of hydrogen-bond donors (Lipinski definition) is 0. The summed E-state index contributed by atoms with van der Waals surface area (Å²) in [4.78, 5) is 9.91. The lowest BCUT2D eigenvalue weighted by molar-refractivity contribution is -0.115. The van der Waals surface area contributed by atoms with Gasteiger partial charge in [-0.3, -0.25) is 0 Å². The Hall–Kier alpha value is -0.410. The summed E-state index contributed by atoms with van der Waals surface area (Å²) in [6, 6.07) is 0. The summed E-state index contributed by atoms with van der Waals surface area (Å²) in [6.45, 7) is 4.66. The summed E-state index contributed by atoms with van der Waals surface area (Å²) in [6.07, 6.45) is 0.353. The molecule has 3 heteroatoms. The van der Waals surface area contributed by atoms with Crippen LogP contribution in [-0.4, -0.2) is 31.7 Å². The fourth-order valence-corrected chi connectivity index (χ4v) is 0.434. The molecule has 1 fully saturated rings. The maximum Gasteiger partial charge on any atom is 0.148 e. The van der Waals surface area contributed by atoms with Crippen LogP contribution in [-0.2, 0) is 14.3 Å². The molecule has 1 rings (SSSR count).